The average molecular weight is 292 g/mol. The number of carbonyl (C=O) groups excluding carboxylic acids is 1. The maximum atomic E-state index is 11.9. The molecule has 0 radical (unpaired) electrons. The Morgan fingerprint density at radius 1 is 1.29 bits per heavy atom. The van der Waals surface area contributed by atoms with Crippen LogP contribution in [0.1, 0.15) is 19.3 Å². The normalized spacial score (nSPS) is 13.5. The molecule has 6 heteroatoms. The molecule has 1 aromatic rings. The fourth-order valence-corrected chi connectivity index (χ4v) is 1.97. The van der Waals surface area contributed by atoms with Gasteiger partial charge in [0.05, 0.1) is 6.61 Å². The Kier molecular flexibility index (Phi) is 5.43. The van der Waals surface area contributed by atoms with E-state index in [1.807, 2.05) is 30.3 Å². The minimum Gasteiger partial charge on any atom is -0.494 e. The first kappa shape index (κ1) is 15.2. The molecule has 0 unspecified atom stereocenters. The Hall–Kier alpha value is -2.24. The van der Waals surface area contributed by atoms with E-state index < -0.39 is 5.97 Å². The molecule has 2 rings (SSSR count). The van der Waals surface area contributed by atoms with Gasteiger partial charge in [-0.2, -0.15) is 0 Å². The lowest BCUT2D eigenvalue weighted by Crippen LogP contribution is -2.44. The van der Waals surface area contributed by atoms with Crippen molar-refractivity contribution in [3.63, 3.8) is 0 Å². The smallest absolute Gasteiger partial charge is 0.323 e. The number of hydrogen-bond acceptors (Lipinski definition) is 3. The van der Waals surface area contributed by atoms with Crippen molar-refractivity contribution < 1.29 is 19.4 Å². The van der Waals surface area contributed by atoms with E-state index in [2.05, 4.69) is 5.32 Å². The first-order valence-corrected chi connectivity index (χ1v) is 7.11. The molecular weight excluding hydrogens is 272 g/mol. The van der Waals surface area contributed by atoms with Crippen LogP contribution >= 0.6 is 0 Å². The largest absolute Gasteiger partial charge is 0.494 e. The Bertz CT molecular complexity index is 474. The van der Waals surface area contributed by atoms with Crippen molar-refractivity contribution in [1.29, 1.82) is 0 Å². The van der Waals surface area contributed by atoms with Gasteiger partial charge in [0.2, 0.25) is 0 Å². The summed E-state index contributed by atoms with van der Waals surface area (Å²) in [5.41, 5.74) is 0. The highest BCUT2D eigenvalue weighted by molar-refractivity contribution is 5.80. The van der Waals surface area contributed by atoms with Crippen LogP contribution in [0.25, 0.3) is 0 Å². The number of ether oxygens (including phenoxy) is 1. The lowest BCUT2D eigenvalue weighted by atomic mass is 10.3. The van der Waals surface area contributed by atoms with Gasteiger partial charge in [-0.15, -0.1) is 0 Å². The summed E-state index contributed by atoms with van der Waals surface area (Å²) in [5, 5.41) is 11.5. The van der Waals surface area contributed by atoms with Gasteiger partial charge in [0.1, 0.15) is 12.3 Å². The zero-order valence-electron chi connectivity index (χ0n) is 11.8. The van der Waals surface area contributed by atoms with Gasteiger partial charge < -0.3 is 20.1 Å². The van der Waals surface area contributed by atoms with Gasteiger partial charge in [-0.3, -0.25) is 4.79 Å². The number of nitrogens with zero attached hydrogens (tertiary/aromatic N) is 1. The molecule has 0 atom stereocenters. The molecule has 21 heavy (non-hydrogen) atoms. The summed E-state index contributed by atoms with van der Waals surface area (Å²) in [5.74, 6) is -0.182. The third-order valence-electron chi connectivity index (χ3n) is 3.16. The van der Waals surface area contributed by atoms with Crippen molar-refractivity contribution >= 4 is 12.0 Å². The molecule has 0 aromatic heterocycles. The van der Waals surface area contributed by atoms with Crippen LogP contribution in [0.2, 0.25) is 0 Å². The Morgan fingerprint density at radius 3 is 2.62 bits per heavy atom. The first-order valence-electron chi connectivity index (χ1n) is 7.11. The van der Waals surface area contributed by atoms with E-state index in [1.165, 1.54) is 4.90 Å². The van der Waals surface area contributed by atoms with Crippen molar-refractivity contribution in [2.45, 2.75) is 25.3 Å². The highest BCUT2D eigenvalue weighted by atomic mass is 16.5. The van der Waals surface area contributed by atoms with E-state index in [9.17, 15) is 9.59 Å². The van der Waals surface area contributed by atoms with Gasteiger partial charge in [-0.05, 0) is 31.4 Å². The second-order valence-electron chi connectivity index (χ2n) is 5.00. The highest BCUT2D eigenvalue weighted by Crippen LogP contribution is 2.26. The van der Waals surface area contributed by atoms with Crippen LogP contribution in [0.5, 0.6) is 5.75 Å². The second kappa shape index (κ2) is 7.52. The van der Waals surface area contributed by atoms with Crippen LogP contribution in [0.3, 0.4) is 0 Å². The van der Waals surface area contributed by atoms with E-state index in [1.54, 1.807) is 0 Å². The van der Waals surface area contributed by atoms with E-state index in [-0.39, 0.29) is 18.6 Å². The predicted octanol–water partition coefficient (Wildman–Crippen LogP) is 1.71. The van der Waals surface area contributed by atoms with Gasteiger partial charge in [0, 0.05) is 12.6 Å². The Morgan fingerprint density at radius 2 is 2.00 bits per heavy atom. The van der Waals surface area contributed by atoms with Crippen LogP contribution in [-0.4, -0.2) is 47.7 Å². The zero-order chi connectivity index (χ0) is 15.1. The SMILES string of the molecule is O=C(O)CN(C(=O)NCCCOc1ccccc1)C1CC1. The molecule has 2 N–H and O–H groups in total. The van der Waals surface area contributed by atoms with E-state index in [0.717, 1.165) is 18.6 Å². The maximum Gasteiger partial charge on any atom is 0.323 e. The van der Waals surface area contributed by atoms with Crippen LogP contribution in [0, 0.1) is 0 Å². The molecule has 1 saturated carbocycles. The van der Waals surface area contributed by atoms with Gasteiger partial charge in [-0.1, -0.05) is 18.2 Å². The predicted molar refractivity (Wildman–Crippen MR) is 77.3 cm³/mol. The molecule has 0 spiro atoms. The van der Waals surface area contributed by atoms with E-state index in [0.29, 0.717) is 19.6 Å². The second-order valence-corrected chi connectivity index (χ2v) is 5.00. The Labute approximate surface area is 123 Å². The summed E-state index contributed by atoms with van der Waals surface area (Å²) >= 11 is 0. The number of hydrogen-bond donors (Lipinski definition) is 2. The van der Waals surface area contributed by atoms with Crippen LogP contribution < -0.4 is 10.1 Å². The lowest BCUT2D eigenvalue weighted by molar-refractivity contribution is -0.137. The standard InChI is InChI=1S/C15H20N2O4/c18-14(19)11-17(12-7-8-12)15(20)16-9-4-10-21-13-5-2-1-3-6-13/h1-3,5-6,12H,4,7-11H2,(H,16,20)(H,18,19). The number of carboxylic acids is 1. The van der Waals surface area contributed by atoms with Crippen molar-refractivity contribution in [1.82, 2.24) is 10.2 Å². The summed E-state index contributed by atoms with van der Waals surface area (Å²) in [6.45, 7) is 0.734. The molecule has 0 bridgehead atoms. The summed E-state index contributed by atoms with van der Waals surface area (Å²) < 4.78 is 5.51. The molecule has 1 aromatic carbocycles. The number of benzene rings is 1. The fourth-order valence-electron chi connectivity index (χ4n) is 1.97. The molecule has 0 saturated heterocycles. The number of carboxylic acid groups (broad SMARTS) is 1. The number of nitrogens with one attached hydrogen (secondary N) is 1. The van der Waals surface area contributed by atoms with Crippen molar-refractivity contribution in [3.8, 4) is 5.75 Å². The van der Waals surface area contributed by atoms with Crippen molar-refractivity contribution in [3.05, 3.63) is 30.3 Å². The summed E-state index contributed by atoms with van der Waals surface area (Å²) in [7, 11) is 0. The summed E-state index contributed by atoms with van der Waals surface area (Å²) in [4.78, 5) is 24.0. The van der Waals surface area contributed by atoms with Gasteiger partial charge in [-0.25, -0.2) is 4.79 Å². The van der Waals surface area contributed by atoms with Crippen LogP contribution in [0.15, 0.2) is 30.3 Å². The molecular formula is C15H20N2O4. The molecule has 114 valence electrons. The average Bonchev–Trinajstić information content (AvgIpc) is 3.29. The molecule has 1 aliphatic carbocycles. The number of rotatable bonds is 8. The fraction of sp³-hybridized carbons (Fsp3) is 0.467. The monoisotopic (exact) mass is 292 g/mol. The Balaban J connectivity index is 1.63. The van der Waals surface area contributed by atoms with Gasteiger partial charge in [0.25, 0.3) is 0 Å². The maximum absolute atomic E-state index is 11.9. The third-order valence-corrected chi connectivity index (χ3v) is 3.16. The van der Waals surface area contributed by atoms with Crippen LogP contribution in [-0.2, 0) is 4.79 Å². The van der Waals surface area contributed by atoms with Crippen molar-refractivity contribution in [2.24, 2.45) is 0 Å². The van der Waals surface area contributed by atoms with E-state index in [4.69, 9.17) is 9.84 Å². The zero-order valence-corrected chi connectivity index (χ0v) is 11.8. The van der Waals surface area contributed by atoms with Gasteiger partial charge in [0.15, 0.2) is 0 Å². The number of aliphatic carboxylic acids is 1. The number of amides is 2. The topological polar surface area (TPSA) is 78.9 Å². The van der Waals surface area contributed by atoms with Gasteiger partial charge >= 0.3 is 12.0 Å². The molecule has 2 amide bonds. The first-order chi connectivity index (χ1) is 10.2. The number of carbonyl (C=O) groups is 2. The highest BCUT2D eigenvalue weighted by Gasteiger charge is 2.33. The number of urea groups is 1. The third kappa shape index (κ3) is 5.33. The van der Waals surface area contributed by atoms with Crippen molar-refractivity contribution in [2.75, 3.05) is 19.7 Å². The summed E-state index contributed by atoms with van der Waals surface area (Å²) in [6, 6.07) is 9.25. The molecule has 6 nitrogen and oxygen atoms in total. The van der Waals surface area contributed by atoms with E-state index >= 15 is 0 Å². The quantitative estimate of drug-likeness (QED) is 0.715. The lowest BCUT2D eigenvalue weighted by Gasteiger charge is -2.20. The number of para-hydroxylation sites is 1. The molecule has 1 fully saturated rings. The van der Waals surface area contributed by atoms with Crippen LogP contribution in [0.4, 0.5) is 4.79 Å². The molecule has 0 aliphatic heterocycles. The summed E-state index contributed by atoms with van der Waals surface area (Å²) in [6.07, 6.45) is 2.45. The molecule has 0 heterocycles. The molecule has 1 aliphatic rings. The minimum absolute atomic E-state index is 0.0849. The minimum atomic E-state index is -0.982.